The van der Waals surface area contributed by atoms with Crippen molar-refractivity contribution in [3.63, 3.8) is 0 Å². The van der Waals surface area contributed by atoms with Gasteiger partial charge >= 0.3 is 0 Å². The summed E-state index contributed by atoms with van der Waals surface area (Å²) in [5.74, 6) is 0. The number of aryl methyl sites for hydroxylation is 1. The van der Waals surface area contributed by atoms with Crippen molar-refractivity contribution in [2.24, 2.45) is 0 Å². The van der Waals surface area contributed by atoms with E-state index < -0.39 is 0 Å². The molecule has 0 radical (unpaired) electrons. The maximum atomic E-state index is 3.65. The van der Waals surface area contributed by atoms with Crippen LogP contribution in [0.5, 0.6) is 0 Å². The largest absolute Gasteiger partial charge is 0.383 e. The van der Waals surface area contributed by atoms with E-state index in [1.54, 1.807) is 0 Å². The minimum Gasteiger partial charge on any atom is -0.383 e. The molecule has 3 heteroatoms. The number of likely N-dealkylation sites (N-methyl/N-ethyl adjacent to an activating group) is 1. The normalized spacial score (nSPS) is 18.8. The lowest BCUT2D eigenvalue weighted by Gasteiger charge is -2.31. The fraction of sp³-hybridized carbons (Fsp3) is 0.647. The predicted molar refractivity (Wildman–Crippen MR) is 87.5 cm³/mol. The van der Waals surface area contributed by atoms with Crippen molar-refractivity contribution < 1.29 is 0 Å². The van der Waals surface area contributed by atoms with Gasteiger partial charge < -0.3 is 10.2 Å². The Bertz CT molecular complexity index is 376. The third kappa shape index (κ3) is 4.22. The molecule has 0 aromatic heterocycles. The van der Waals surface area contributed by atoms with Gasteiger partial charge in [0.1, 0.15) is 0 Å². The number of anilines is 1. The van der Waals surface area contributed by atoms with Gasteiger partial charge in [-0.1, -0.05) is 25.1 Å². The standard InChI is InChI=1S/C17H29N3/c1-4-11-20(13-12-19(2)3)16-10-9-15-7-5-6-8-17(15)18-14-16/h5-8,16,18H,4,9-14H2,1-3H3. The first-order valence-corrected chi connectivity index (χ1v) is 7.91. The van der Waals surface area contributed by atoms with E-state index in [1.807, 2.05) is 0 Å². The minimum atomic E-state index is 0.655. The fourth-order valence-corrected chi connectivity index (χ4v) is 2.97. The number of rotatable bonds is 6. The van der Waals surface area contributed by atoms with Gasteiger partial charge in [0.05, 0.1) is 0 Å². The van der Waals surface area contributed by atoms with Crippen molar-refractivity contribution in [3.8, 4) is 0 Å². The van der Waals surface area contributed by atoms with Crippen molar-refractivity contribution >= 4 is 5.69 Å². The molecule has 1 heterocycles. The first kappa shape index (κ1) is 15.3. The zero-order valence-electron chi connectivity index (χ0n) is 13.2. The molecule has 0 fully saturated rings. The summed E-state index contributed by atoms with van der Waals surface area (Å²) in [7, 11) is 4.32. The quantitative estimate of drug-likeness (QED) is 0.861. The third-order valence-electron chi connectivity index (χ3n) is 4.15. The molecule has 1 atom stereocenters. The average molecular weight is 275 g/mol. The highest BCUT2D eigenvalue weighted by molar-refractivity contribution is 5.52. The smallest absolute Gasteiger partial charge is 0.0373 e. The van der Waals surface area contributed by atoms with Crippen LogP contribution in [-0.2, 0) is 6.42 Å². The van der Waals surface area contributed by atoms with Crippen molar-refractivity contribution in [1.82, 2.24) is 9.80 Å². The zero-order valence-corrected chi connectivity index (χ0v) is 13.2. The van der Waals surface area contributed by atoms with Crippen LogP contribution in [0.25, 0.3) is 0 Å². The second kappa shape index (κ2) is 7.65. The highest BCUT2D eigenvalue weighted by atomic mass is 15.2. The summed E-state index contributed by atoms with van der Waals surface area (Å²) in [5, 5.41) is 3.65. The Morgan fingerprint density at radius 3 is 2.70 bits per heavy atom. The summed E-state index contributed by atoms with van der Waals surface area (Å²) in [4.78, 5) is 4.94. The van der Waals surface area contributed by atoms with Crippen molar-refractivity contribution in [2.45, 2.75) is 32.2 Å². The monoisotopic (exact) mass is 275 g/mol. The molecule has 1 aliphatic rings. The van der Waals surface area contributed by atoms with Crippen molar-refractivity contribution in [3.05, 3.63) is 29.8 Å². The molecule has 0 spiro atoms. The lowest BCUT2D eigenvalue weighted by molar-refractivity contribution is 0.178. The number of hydrogen-bond acceptors (Lipinski definition) is 3. The summed E-state index contributed by atoms with van der Waals surface area (Å²) in [6, 6.07) is 9.40. The molecule has 2 rings (SSSR count). The maximum Gasteiger partial charge on any atom is 0.0373 e. The molecule has 0 saturated heterocycles. The molecule has 3 nitrogen and oxygen atoms in total. The molecule has 0 aliphatic carbocycles. The molecule has 1 aromatic carbocycles. The van der Waals surface area contributed by atoms with E-state index in [0.29, 0.717) is 6.04 Å². The fourth-order valence-electron chi connectivity index (χ4n) is 2.97. The Balaban J connectivity index is 1.97. The Labute approximate surface area is 124 Å². The Morgan fingerprint density at radius 1 is 1.15 bits per heavy atom. The molecular formula is C17H29N3. The van der Waals surface area contributed by atoms with Gasteiger partial charge in [0.2, 0.25) is 0 Å². The topological polar surface area (TPSA) is 18.5 Å². The summed E-state index contributed by atoms with van der Waals surface area (Å²) < 4.78 is 0. The van der Waals surface area contributed by atoms with E-state index >= 15 is 0 Å². The van der Waals surface area contributed by atoms with Crippen LogP contribution in [-0.4, -0.2) is 56.1 Å². The first-order chi connectivity index (χ1) is 9.70. The zero-order chi connectivity index (χ0) is 14.4. The summed E-state index contributed by atoms with van der Waals surface area (Å²) in [6.45, 7) is 6.87. The Hall–Kier alpha value is -1.06. The van der Waals surface area contributed by atoms with Crippen LogP contribution in [0.15, 0.2) is 24.3 Å². The summed E-state index contributed by atoms with van der Waals surface area (Å²) >= 11 is 0. The average Bonchev–Trinajstić information content (AvgIpc) is 2.66. The SMILES string of the molecule is CCCN(CCN(C)C)C1CCc2ccccc2NC1. The molecule has 1 unspecified atom stereocenters. The molecule has 20 heavy (non-hydrogen) atoms. The lowest BCUT2D eigenvalue weighted by atomic mass is 10.0. The van der Waals surface area contributed by atoms with Gasteiger partial charge in [0.15, 0.2) is 0 Å². The molecule has 0 saturated carbocycles. The molecule has 0 bridgehead atoms. The van der Waals surface area contributed by atoms with Gasteiger partial charge in [-0.05, 0) is 51.5 Å². The van der Waals surface area contributed by atoms with Gasteiger partial charge in [0, 0.05) is 31.4 Å². The second-order valence-corrected chi connectivity index (χ2v) is 6.07. The van der Waals surface area contributed by atoms with Crippen LogP contribution >= 0.6 is 0 Å². The van der Waals surface area contributed by atoms with E-state index in [1.165, 1.54) is 43.6 Å². The summed E-state index contributed by atoms with van der Waals surface area (Å²) in [5.41, 5.74) is 2.80. The van der Waals surface area contributed by atoms with Crippen LogP contribution < -0.4 is 5.32 Å². The lowest BCUT2D eigenvalue weighted by Crippen LogP contribution is -2.43. The van der Waals surface area contributed by atoms with Crippen LogP contribution in [0.2, 0.25) is 0 Å². The minimum absolute atomic E-state index is 0.655. The van der Waals surface area contributed by atoms with E-state index in [9.17, 15) is 0 Å². The third-order valence-corrected chi connectivity index (χ3v) is 4.15. The maximum absolute atomic E-state index is 3.65. The van der Waals surface area contributed by atoms with Gasteiger partial charge in [-0.15, -0.1) is 0 Å². The van der Waals surface area contributed by atoms with Gasteiger partial charge in [-0.2, -0.15) is 0 Å². The van der Waals surface area contributed by atoms with Gasteiger partial charge in [0.25, 0.3) is 0 Å². The van der Waals surface area contributed by atoms with Crippen LogP contribution in [0.3, 0.4) is 0 Å². The Kier molecular flexibility index (Phi) is 5.86. The number of nitrogens with zero attached hydrogens (tertiary/aromatic N) is 2. The first-order valence-electron chi connectivity index (χ1n) is 7.91. The second-order valence-electron chi connectivity index (χ2n) is 6.07. The summed E-state index contributed by atoms with van der Waals surface area (Å²) in [6.07, 6.45) is 3.68. The number of hydrogen-bond donors (Lipinski definition) is 1. The Morgan fingerprint density at radius 2 is 1.95 bits per heavy atom. The van der Waals surface area contributed by atoms with E-state index in [-0.39, 0.29) is 0 Å². The van der Waals surface area contributed by atoms with E-state index in [2.05, 4.69) is 60.4 Å². The molecular weight excluding hydrogens is 246 g/mol. The van der Waals surface area contributed by atoms with E-state index in [4.69, 9.17) is 0 Å². The molecule has 1 aromatic rings. The molecule has 1 aliphatic heterocycles. The predicted octanol–water partition coefficient (Wildman–Crippen LogP) is 2.69. The number of benzene rings is 1. The van der Waals surface area contributed by atoms with Crippen LogP contribution in [0.1, 0.15) is 25.3 Å². The highest BCUT2D eigenvalue weighted by Crippen LogP contribution is 2.22. The van der Waals surface area contributed by atoms with Crippen molar-refractivity contribution in [1.29, 1.82) is 0 Å². The number of nitrogens with one attached hydrogen (secondary N) is 1. The van der Waals surface area contributed by atoms with Crippen molar-refractivity contribution in [2.75, 3.05) is 45.6 Å². The van der Waals surface area contributed by atoms with Gasteiger partial charge in [-0.3, -0.25) is 4.90 Å². The highest BCUT2D eigenvalue weighted by Gasteiger charge is 2.21. The molecule has 0 amide bonds. The molecule has 1 N–H and O–H groups in total. The van der Waals surface area contributed by atoms with Crippen LogP contribution in [0.4, 0.5) is 5.69 Å². The van der Waals surface area contributed by atoms with Crippen LogP contribution in [0, 0.1) is 0 Å². The molecule has 112 valence electrons. The number of para-hydroxylation sites is 1. The van der Waals surface area contributed by atoms with E-state index in [0.717, 1.165) is 13.1 Å². The van der Waals surface area contributed by atoms with Gasteiger partial charge in [-0.25, -0.2) is 0 Å². The number of fused-ring (bicyclic) bond motifs is 1.